The molecule has 1 aliphatic rings. The lowest BCUT2D eigenvalue weighted by Crippen LogP contribution is -2.39. The quantitative estimate of drug-likeness (QED) is 0.373. The van der Waals surface area contributed by atoms with Crippen LogP contribution in [0.3, 0.4) is 0 Å². The van der Waals surface area contributed by atoms with Crippen molar-refractivity contribution in [3.8, 4) is 5.75 Å². The Labute approximate surface area is 209 Å². The molecule has 0 amide bonds. The number of esters is 1. The van der Waals surface area contributed by atoms with Crippen molar-refractivity contribution in [2.24, 2.45) is 4.99 Å². The molecule has 0 radical (unpaired) electrons. The van der Waals surface area contributed by atoms with Gasteiger partial charge in [0.1, 0.15) is 18.4 Å². The number of carbonyl (C=O) groups excluding carboxylic acids is 1. The Balaban J connectivity index is 1.60. The Bertz CT molecular complexity index is 1580. The van der Waals surface area contributed by atoms with Crippen LogP contribution in [0.15, 0.2) is 93.2 Å². The Morgan fingerprint density at radius 3 is 2.60 bits per heavy atom. The summed E-state index contributed by atoms with van der Waals surface area (Å²) < 4.78 is 13.2. The van der Waals surface area contributed by atoms with Gasteiger partial charge < -0.3 is 9.47 Å². The predicted molar refractivity (Wildman–Crippen MR) is 137 cm³/mol. The van der Waals surface area contributed by atoms with Crippen molar-refractivity contribution in [3.63, 3.8) is 0 Å². The lowest BCUT2D eigenvalue weighted by molar-refractivity contribution is -0.140. The lowest BCUT2D eigenvalue weighted by atomic mass is 10.0. The van der Waals surface area contributed by atoms with Crippen LogP contribution in [0, 0.1) is 0 Å². The van der Waals surface area contributed by atoms with Crippen LogP contribution in [0.25, 0.3) is 6.08 Å². The summed E-state index contributed by atoms with van der Waals surface area (Å²) in [6.45, 7) is 1.93. The summed E-state index contributed by atoms with van der Waals surface area (Å²) >= 11 is 2.79. The molecule has 2 aromatic heterocycles. The zero-order valence-electron chi connectivity index (χ0n) is 19.1. The van der Waals surface area contributed by atoms with E-state index in [0.29, 0.717) is 26.4 Å². The van der Waals surface area contributed by atoms with Gasteiger partial charge in [-0.2, -0.15) is 0 Å². The van der Waals surface area contributed by atoms with Crippen LogP contribution in [0.4, 0.5) is 0 Å². The summed E-state index contributed by atoms with van der Waals surface area (Å²) in [4.78, 5) is 33.0. The highest BCUT2D eigenvalue weighted by molar-refractivity contribution is 7.10. The molecule has 2 aromatic carbocycles. The molecule has 0 N–H and O–H groups in total. The minimum atomic E-state index is -0.602. The average Bonchev–Trinajstić information content (AvgIpc) is 3.51. The number of allylic oxidation sites excluding steroid dienone is 1. The third kappa shape index (κ3) is 4.50. The highest BCUT2D eigenvalue weighted by atomic mass is 32.1. The minimum Gasteiger partial charge on any atom is -0.496 e. The van der Waals surface area contributed by atoms with Crippen LogP contribution >= 0.6 is 22.7 Å². The van der Waals surface area contributed by atoms with E-state index >= 15 is 0 Å². The first-order valence-electron chi connectivity index (χ1n) is 11.0. The van der Waals surface area contributed by atoms with E-state index < -0.39 is 12.0 Å². The number of thiophene rings is 1. The molecule has 35 heavy (non-hydrogen) atoms. The molecule has 0 bridgehead atoms. The van der Waals surface area contributed by atoms with E-state index in [1.807, 2.05) is 72.1 Å². The number of nitrogens with zero attached hydrogens (tertiary/aromatic N) is 2. The van der Waals surface area contributed by atoms with Crippen LogP contribution in [-0.4, -0.2) is 17.6 Å². The van der Waals surface area contributed by atoms with E-state index in [1.165, 1.54) is 22.7 Å². The van der Waals surface area contributed by atoms with Crippen molar-refractivity contribution in [2.45, 2.75) is 19.6 Å². The molecule has 0 aliphatic carbocycles. The van der Waals surface area contributed by atoms with Crippen molar-refractivity contribution in [1.29, 1.82) is 0 Å². The third-order valence-corrected chi connectivity index (χ3v) is 7.60. The maximum Gasteiger partial charge on any atom is 0.338 e. The number of para-hydroxylation sites is 1. The van der Waals surface area contributed by atoms with Gasteiger partial charge in [0.05, 0.1) is 22.9 Å². The van der Waals surface area contributed by atoms with Gasteiger partial charge in [-0.1, -0.05) is 65.9 Å². The topological polar surface area (TPSA) is 69.9 Å². The second kappa shape index (κ2) is 9.85. The molecule has 1 unspecified atom stereocenters. The molecule has 1 atom stereocenters. The Morgan fingerprint density at radius 2 is 1.86 bits per heavy atom. The van der Waals surface area contributed by atoms with Crippen LogP contribution in [-0.2, 0) is 16.1 Å². The number of thiazole rings is 1. The number of ether oxygens (including phenoxy) is 2. The second-order valence-electron chi connectivity index (χ2n) is 7.90. The molecule has 3 heterocycles. The number of hydrogen-bond acceptors (Lipinski definition) is 7. The third-order valence-electron chi connectivity index (χ3n) is 5.69. The molecular formula is C27H22N2O4S2. The molecule has 176 valence electrons. The van der Waals surface area contributed by atoms with E-state index in [1.54, 1.807) is 24.7 Å². The molecule has 0 fully saturated rings. The monoisotopic (exact) mass is 502 g/mol. The van der Waals surface area contributed by atoms with Crippen LogP contribution in [0.5, 0.6) is 5.75 Å². The predicted octanol–water partition coefficient (Wildman–Crippen LogP) is 4.05. The van der Waals surface area contributed by atoms with Crippen LogP contribution in [0.2, 0.25) is 0 Å². The smallest absolute Gasteiger partial charge is 0.338 e. The number of hydrogen-bond donors (Lipinski definition) is 0. The number of aromatic nitrogens is 1. The second-order valence-corrected chi connectivity index (χ2v) is 9.89. The van der Waals surface area contributed by atoms with E-state index in [0.717, 1.165) is 16.0 Å². The van der Waals surface area contributed by atoms with Gasteiger partial charge in [-0.25, -0.2) is 9.79 Å². The molecule has 0 saturated carbocycles. The van der Waals surface area contributed by atoms with Crippen molar-refractivity contribution >= 4 is 34.7 Å². The number of carbonyl (C=O) groups is 1. The molecule has 0 saturated heterocycles. The SMILES string of the molecule is COc1ccccc1C=c1sc2n(c1=O)C(c1cccs1)C(C(=O)OCc1ccccc1)=C(C)N=2. The maximum atomic E-state index is 13.6. The summed E-state index contributed by atoms with van der Waals surface area (Å²) in [6.07, 6.45) is 1.81. The largest absolute Gasteiger partial charge is 0.496 e. The van der Waals surface area contributed by atoms with Gasteiger partial charge >= 0.3 is 5.97 Å². The van der Waals surface area contributed by atoms with Gasteiger partial charge in [0.25, 0.3) is 5.56 Å². The van der Waals surface area contributed by atoms with Gasteiger partial charge in [-0.3, -0.25) is 9.36 Å². The first-order valence-corrected chi connectivity index (χ1v) is 12.7. The zero-order valence-corrected chi connectivity index (χ0v) is 20.8. The fraction of sp³-hybridized carbons (Fsp3) is 0.148. The summed E-state index contributed by atoms with van der Waals surface area (Å²) in [5.74, 6) is 0.196. The van der Waals surface area contributed by atoms with Crippen molar-refractivity contribution in [3.05, 3.63) is 119 Å². The van der Waals surface area contributed by atoms with Gasteiger partial charge in [0, 0.05) is 10.4 Å². The van der Waals surface area contributed by atoms with Crippen LogP contribution in [0.1, 0.15) is 29.0 Å². The Hall–Kier alpha value is -3.75. The highest BCUT2D eigenvalue weighted by Crippen LogP contribution is 2.33. The molecule has 4 aromatic rings. The van der Waals surface area contributed by atoms with E-state index in [9.17, 15) is 9.59 Å². The average molecular weight is 503 g/mol. The van der Waals surface area contributed by atoms with Gasteiger partial charge in [-0.15, -0.1) is 11.3 Å². The fourth-order valence-electron chi connectivity index (χ4n) is 4.03. The molecule has 0 spiro atoms. The summed E-state index contributed by atoms with van der Waals surface area (Å²) in [7, 11) is 1.60. The number of fused-ring (bicyclic) bond motifs is 1. The lowest BCUT2D eigenvalue weighted by Gasteiger charge is -2.23. The molecule has 6 nitrogen and oxygen atoms in total. The Morgan fingerprint density at radius 1 is 1.09 bits per heavy atom. The first kappa shape index (κ1) is 23.0. The van der Waals surface area contributed by atoms with E-state index in [4.69, 9.17) is 9.47 Å². The normalized spacial score (nSPS) is 15.5. The summed E-state index contributed by atoms with van der Waals surface area (Å²) in [5.41, 5.74) is 2.40. The number of rotatable bonds is 6. The van der Waals surface area contributed by atoms with Crippen molar-refractivity contribution in [1.82, 2.24) is 4.57 Å². The summed E-state index contributed by atoms with van der Waals surface area (Å²) in [6, 6.07) is 20.3. The van der Waals surface area contributed by atoms with Crippen LogP contribution < -0.4 is 19.6 Å². The minimum absolute atomic E-state index is 0.145. The first-order chi connectivity index (χ1) is 17.1. The van der Waals surface area contributed by atoms with Crippen molar-refractivity contribution < 1.29 is 14.3 Å². The fourth-order valence-corrected chi connectivity index (χ4v) is 5.89. The standard InChI is InChI=1S/C27H22N2O4S2/c1-17-23(26(31)33-16-18-9-4-3-5-10-18)24(21-13-8-14-34-21)29-25(30)22(35-27(29)28-17)15-19-11-6-7-12-20(19)32-2/h3-15,24H,16H2,1-2H3. The summed E-state index contributed by atoms with van der Waals surface area (Å²) in [5, 5.41) is 1.93. The van der Waals surface area contributed by atoms with Gasteiger partial charge in [-0.05, 0) is 36.1 Å². The Kier molecular flexibility index (Phi) is 6.48. The molecule has 8 heteroatoms. The zero-order chi connectivity index (χ0) is 24.4. The molecule has 1 aliphatic heterocycles. The number of benzene rings is 2. The number of methoxy groups -OCH3 is 1. The highest BCUT2D eigenvalue weighted by Gasteiger charge is 2.34. The van der Waals surface area contributed by atoms with Crippen molar-refractivity contribution in [2.75, 3.05) is 7.11 Å². The van der Waals surface area contributed by atoms with E-state index in [-0.39, 0.29) is 12.2 Å². The maximum absolute atomic E-state index is 13.6. The van der Waals surface area contributed by atoms with Gasteiger partial charge in [0.15, 0.2) is 4.80 Å². The van der Waals surface area contributed by atoms with Gasteiger partial charge in [0.2, 0.25) is 0 Å². The van der Waals surface area contributed by atoms with E-state index in [2.05, 4.69) is 4.99 Å². The molecule has 5 rings (SSSR count). The molecular weight excluding hydrogens is 480 g/mol.